The van der Waals surface area contributed by atoms with Crippen LogP contribution in [0.4, 0.5) is 0 Å². The molecule has 0 radical (unpaired) electrons. The predicted octanol–water partition coefficient (Wildman–Crippen LogP) is 7.88. The van der Waals surface area contributed by atoms with E-state index in [0.29, 0.717) is 25.2 Å². The van der Waals surface area contributed by atoms with Crippen molar-refractivity contribution in [2.45, 2.75) is 160 Å². The van der Waals surface area contributed by atoms with Crippen molar-refractivity contribution in [1.29, 1.82) is 0 Å². The van der Waals surface area contributed by atoms with Gasteiger partial charge in [0.2, 0.25) is 0 Å². The first kappa shape index (κ1) is 40.4. The van der Waals surface area contributed by atoms with Crippen LogP contribution in [0.25, 0.3) is 0 Å². The van der Waals surface area contributed by atoms with E-state index in [4.69, 9.17) is 17.8 Å². The van der Waals surface area contributed by atoms with Crippen LogP contribution in [0.2, 0.25) is 36.3 Å². The van der Waals surface area contributed by atoms with Crippen LogP contribution in [-0.2, 0) is 37.5 Å². The SMILES string of the molecule is COC(=O)CCCC(=O)C1CC2C(C[C@@H](O[Si](C)(C)C(C)(C)C)[C@@H]2C#C[C@H](O[Si](C)(C)C(C)(C)C)C2CCCCC2)[C@@H]1OS(C)(=O)=O. The highest BCUT2D eigenvalue weighted by Gasteiger charge is 2.58. The maximum absolute atomic E-state index is 13.6. The number of ether oxygens (including phenoxy) is 1. The smallest absolute Gasteiger partial charge is 0.305 e. The van der Waals surface area contributed by atoms with Crippen LogP contribution in [-0.4, -0.2) is 68.5 Å². The van der Waals surface area contributed by atoms with E-state index in [0.717, 1.165) is 19.1 Å². The van der Waals surface area contributed by atoms with E-state index in [9.17, 15) is 18.0 Å². The molecule has 47 heavy (non-hydrogen) atoms. The quantitative estimate of drug-likeness (QED) is 0.0871. The Morgan fingerprint density at radius 1 is 0.872 bits per heavy atom. The van der Waals surface area contributed by atoms with E-state index in [1.165, 1.54) is 26.4 Å². The van der Waals surface area contributed by atoms with E-state index < -0.39 is 38.8 Å². The van der Waals surface area contributed by atoms with Gasteiger partial charge in [0.25, 0.3) is 10.1 Å². The lowest BCUT2D eigenvalue weighted by Crippen LogP contribution is -2.46. The molecule has 0 aromatic carbocycles. The highest BCUT2D eigenvalue weighted by Crippen LogP contribution is 2.54. The first-order valence-corrected chi connectivity index (χ1v) is 25.4. The van der Waals surface area contributed by atoms with E-state index in [1.54, 1.807) is 0 Å². The molecule has 11 heteroatoms. The Labute approximate surface area is 288 Å². The van der Waals surface area contributed by atoms with Gasteiger partial charge in [-0.15, -0.1) is 0 Å². The van der Waals surface area contributed by atoms with Crippen LogP contribution >= 0.6 is 0 Å². The van der Waals surface area contributed by atoms with E-state index in [1.807, 2.05) is 0 Å². The predicted molar refractivity (Wildman–Crippen MR) is 192 cm³/mol. The first-order chi connectivity index (χ1) is 21.5. The number of hydrogen-bond acceptors (Lipinski definition) is 8. The third kappa shape index (κ3) is 10.5. The molecule has 0 N–H and O–H groups in total. The zero-order valence-corrected chi connectivity index (χ0v) is 34.2. The Bertz CT molecular complexity index is 1260. The van der Waals surface area contributed by atoms with Gasteiger partial charge in [-0.1, -0.05) is 72.6 Å². The van der Waals surface area contributed by atoms with Gasteiger partial charge in [0, 0.05) is 24.7 Å². The minimum Gasteiger partial charge on any atom is -0.469 e. The second-order valence-electron chi connectivity index (χ2n) is 17.5. The van der Waals surface area contributed by atoms with Gasteiger partial charge >= 0.3 is 5.97 Å². The molecule has 3 aliphatic rings. The van der Waals surface area contributed by atoms with Gasteiger partial charge in [0.15, 0.2) is 16.6 Å². The van der Waals surface area contributed by atoms with Crippen LogP contribution in [0.15, 0.2) is 0 Å². The zero-order valence-electron chi connectivity index (χ0n) is 31.4. The molecular formula is C36H64O8SSi2. The van der Waals surface area contributed by atoms with Crippen LogP contribution in [0.5, 0.6) is 0 Å². The molecule has 0 spiro atoms. The summed E-state index contributed by atoms with van der Waals surface area (Å²) in [5.74, 6) is 6.41. The van der Waals surface area contributed by atoms with Crippen molar-refractivity contribution >= 4 is 38.5 Å². The van der Waals surface area contributed by atoms with Crippen molar-refractivity contribution in [2.24, 2.45) is 29.6 Å². The third-order valence-corrected chi connectivity index (χ3v) is 21.5. The Balaban J connectivity index is 2.03. The van der Waals surface area contributed by atoms with Gasteiger partial charge in [0.1, 0.15) is 11.9 Å². The van der Waals surface area contributed by atoms with Gasteiger partial charge in [0.05, 0.1) is 25.6 Å². The highest BCUT2D eigenvalue weighted by atomic mass is 32.2. The summed E-state index contributed by atoms with van der Waals surface area (Å²) in [5.41, 5.74) is 0. The summed E-state index contributed by atoms with van der Waals surface area (Å²) in [6, 6.07) is 0. The second-order valence-corrected chi connectivity index (χ2v) is 28.6. The van der Waals surface area contributed by atoms with Gasteiger partial charge < -0.3 is 13.6 Å². The molecule has 0 amide bonds. The van der Waals surface area contributed by atoms with Crippen molar-refractivity contribution in [2.75, 3.05) is 13.4 Å². The molecule has 0 aromatic rings. The van der Waals surface area contributed by atoms with Gasteiger partial charge in [-0.25, -0.2) is 0 Å². The molecule has 0 saturated heterocycles. The van der Waals surface area contributed by atoms with Crippen LogP contribution < -0.4 is 0 Å². The Kier molecular flexibility index (Phi) is 13.3. The molecule has 3 aliphatic carbocycles. The average Bonchev–Trinajstić information content (AvgIpc) is 3.44. The Morgan fingerprint density at radius 2 is 1.47 bits per heavy atom. The fourth-order valence-corrected chi connectivity index (χ4v) is 10.4. The number of esters is 1. The molecular weight excluding hydrogens is 649 g/mol. The summed E-state index contributed by atoms with van der Waals surface area (Å²) in [6.45, 7) is 22.5. The Hall–Kier alpha value is -1.04. The zero-order chi connectivity index (χ0) is 35.6. The Morgan fingerprint density at radius 3 is 2.00 bits per heavy atom. The number of hydrogen-bond donors (Lipinski definition) is 0. The van der Waals surface area contributed by atoms with Crippen molar-refractivity contribution in [1.82, 2.24) is 0 Å². The topological polar surface area (TPSA) is 105 Å². The van der Waals surface area contributed by atoms with Crippen LogP contribution in [0.3, 0.4) is 0 Å². The summed E-state index contributed by atoms with van der Waals surface area (Å²) in [6.07, 6.45) is 7.58. The maximum Gasteiger partial charge on any atom is 0.305 e. The molecule has 3 saturated carbocycles. The molecule has 0 aliphatic heterocycles. The van der Waals surface area contributed by atoms with Crippen LogP contribution in [0.1, 0.15) is 106 Å². The summed E-state index contributed by atoms with van der Waals surface area (Å²) in [7, 11) is -6.82. The molecule has 270 valence electrons. The fraction of sp³-hybridized carbons (Fsp3) is 0.889. The lowest BCUT2D eigenvalue weighted by molar-refractivity contribution is -0.140. The van der Waals surface area contributed by atoms with E-state index in [2.05, 4.69) is 79.6 Å². The van der Waals surface area contributed by atoms with Gasteiger partial charge in [-0.3, -0.25) is 13.8 Å². The molecule has 7 atom stereocenters. The van der Waals surface area contributed by atoms with E-state index >= 15 is 0 Å². The molecule has 0 heterocycles. The lowest BCUT2D eigenvalue weighted by atomic mass is 9.84. The number of methoxy groups -OCH3 is 1. The van der Waals surface area contributed by atoms with Crippen molar-refractivity contribution in [3.05, 3.63) is 0 Å². The van der Waals surface area contributed by atoms with Crippen molar-refractivity contribution in [3.63, 3.8) is 0 Å². The average molecular weight is 713 g/mol. The number of rotatable bonds is 12. The monoisotopic (exact) mass is 712 g/mol. The molecule has 0 aromatic heterocycles. The van der Waals surface area contributed by atoms with Gasteiger partial charge in [-0.2, -0.15) is 8.42 Å². The van der Waals surface area contributed by atoms with Gasteiger partial charge in [-0.05, 0) is 86.1 Å². The molecule has 3 unspecified atom stereocenters. The lowest BCUT2D eigenvalue weighted by Gasteiger charge is -2.41. The summed E-state index contributed by atoms with van der Waals surface area (Å²) in [4.78, 5) is 25.3. The minimum absolute atomic E-state index is 0.0143. The minimum atomic E-state index is -3.83. The summed E-state index contributed by atoms with van der Waals surface area (Å²) >= 11 is 0. The van der Waals surface area contributed by atoms with Crippen LogP contribution in [0, 0.1) is 41.4 Å². The second kappa shape index (κ2) is 15.5. The normalized spacial score (nSPS) is 28.3. The largest absolute Gasteiger partial charge is 0.469 e. The summed E-state index contributed by atoms with van der Waals surface area (Å²) < 4.78 is 49.8. The molecule has 0 bridgehead atoms. The number of Topliss-reactive ketones (excluding diaryl/α,β-unsaturated/α-hetero) is 1. The van der Waals surface area contributed by atoms with E-state index in [-0.39, 0.29) is 64.6 Å². The first-order valence-electron chi connectivity index (χ1n) is 17.8. The molecule has 8 nitrogen and oxygen atoms in total. The molecule has 3 fully saturated rings. The number of carbonyl (C=O) groups is 2. The number of fused-ring (bicyclic) bond motifs is 1. The number of ketones is 1. The van der Waals surface area contributed by atoms with Crippen molar-refractivity contribution < 1.29 is 35.8 Å². The standard InChI is InChI=1S/C36H64O8SSi2/c1-35(2,3)46(9,10)43-31(25-17-14-13-15-18-25)22-21-26-27-23-29(30(37)19-16-20-33(38)41-7)34(42-45(8,39)40)28(27)24-32(26)44-47(11,12)36(4,5)6/h25-29,31-32,34H,13-20,23-24H2,1-12H3/t26-,27?,28?,29?,31+,32-,34+/m1/s1. The maximum atomic E-state index is 13.6. The summed E-state index contributed by atoms with van der Waals surface area (Å²) in [5, 5.41) is 0.0384. The fourth-order valence-electron chi connectivity index (χ4n) is 7.14. The highest BCUT2D eigenvalue weighted by molar-refractivity contribution is 7.86. The molecule has 3 rings (SSSR count). The van der Waals surface area contributed by atoms with Crippen molar-refractivity contribution in [3.8, 4) is 11.8 Å². The third-order valence-electron chi connectivity index (χ3n) is 11.9. The number of carbonyl (C=O) groups excluding carboxylic acids is 2.